The van der Waals surface area contributed by atoms with Gasteiger partial charge in [-0.05, 0) is 43.2 Å². The molecule has 5 nitrogen and oxygen atoms in total. The van der Waals surface area contributed by atoms with Crippen LogP contribution >= 0.6 is 0 Å². The molecule has 138 valence electrons. The number of fused-ring (bicyclic) bond motifs is 2. The predicted molar refractivity (Wildman–Crippen MR) is 98.2 cm³/mol. The molecule has 0 fully saturated rings. The van der Waals surface area contributed by atoms with E-state index in [0.29, 0.717) is 23.0 Å². The van der Waals surface area contributed by atoms with E-state index in [1.165, 1.54) is 17.0 Å². The zero-order valence-electron chi connectivity index (χ0n) is 14.7. The SMILES string of the molecule is Cc1ccc2oc3c(c(=O)c2c1)[C@H](c1cccc(F)c1)N(CCCO)C3=O. The van der Waals surface area contributed by atoms with Gasteiger partial charge in [0.1, 0.15) is 11.4 Å². The highest BCUT2D eigenvalue weighted by Gasteiger charge is 2.42. The first-order chi connectivity index (χ1) is 13.0. The molecular formula is C21H18FNO4. The number of carbonyl (C=O) groups is 1. The summed E-state index contributed by atoms with van der Waals surface area (Å²) < 4.78 is 19.6. The van der Waals surface area contributed by atoms with Gasteiger partial charge in [0.05, 0.1) is 17.0 Å². The Hall–Kier alpha value is -2.99. The van der Waals surface area contributed by atoms with Crippen molar-refractivity contribution in [2.45, 2.75) is 19.4 Å². The molecule has 0 spiro atoms. The summed E-state index contributed by atoms with van der Waals surface area (Å²) >= 11 is 0. The van der Waals surface area contributed by atoms with Crippen molar-refractivity contribution in [1.29, 1.82) is 0 Å². The molecule has 3 aromatic rings. The van der Waals surface area contributed by atoms with Gasteiger partial charge in [0.2, 0.25) is 5.76 Å². The van der Waals surface area contributed by atoms with E-state index in [2.05, 4.69) is 0 Å². The maximum atomic E-state index is 13.8. The van der Waals surface area contributed by atoms with Crippen LogP contribution in [0.2, 0.25) is 0 Å². The van der Waals surface area contributed by atoms with Crippen molar-refractivity contribution in [3.63, 3.8) is 0 Å². The fourth-order valence-electron chi connectivity index (χ4n) is 3.63. The average molecular weight is 367 g/mol. The number of aliphatic hydroxyl groups excluding tert-OH is 1. The fourth-order valence-corrected chi connectivity index (χ4v) is 3.63. The van der Waals surface area contributed by atoms with Crippen molar-refractivity contribution in [3.05, 3.63) is 81.0 Å². The van der Waals surface area contributed by atoms with Gasteiger partial charge in [-0.2, -0.15) is 0 Å². The number of halogens is 1. The lowest BCUT2D eigenvalue weighted by Crippen LogP contribution is -2.31. The second-order valence-electron chi connectivity index (χ2n) is 6.71. The molecule has 0 radical (unpaired) electrons. The largest absolute Gasteiger partial charge is 0.450 e. The Morgan fingerprint density at radius 3 is 2.74 bits per heavy atom. The molecule has 1 aliphatic heterocycles. The highest BCUT2D eigenvalue weighted by molar-refractivity contribution is 5.99. The Kier molecular flexibility index (Phi) is 4.28. The summed E-state index contributed by atoms with van der Waals surface area (Å²) in [6.07, 6.45) is 0.346. The molecule has 1 amide bonds. The molecule has 2 heterocycles. The van der Waals surface area contributed by atoms with Crippen molar-refractivity contribution < 1.29 is 18.7 Å². The van der Waals surface area contributed by atoms with Crippen LogP contribution in [0.5, 0.6) is 0 Å². The Morgan fingerprint density at radius 1 is 1.19 bits per heavy atom. The van der Waals surface area contributed by atoms with Crippen LogP contribution in [-0.2, 0) is 0 Å². The second kappa shape index (κ2) is 6.63. The third-order valence-electron chi connectivity index (χ3n) is 4.84. The lowest BCUT2D eigenvalue weighted by molar-refractivity contribution is 0.0716. The van der Waals surface area contributed by atoms with Crippen LogP contribution in [-0.4, -0.2) is 29.1 Å². The fraction of sp³-hybridized carbons (Fsp3) is 0.238. The van der Waals surface area contributed by atoms with E-state index in [4.69, 9.17) is 4.42 Å². The first-order valence-electron chi connectivity index (χ1n) is 8.76. The topological polar surface area (TPSA) is 70.8 Å². The molecule has 0 unspecified atom stereocenters. The van der Waals surface area contributed by atoms with Crippen LogP contribution in [0.4, 0.5) is 4.39 Å². The van der Waals surface area contributed by atoms with Crippen molar-refractivity contribution >= 4 is 16.9 Å². The maximum absolute atomic E-state index is 13.8. The van der Waals surface area contributed by atoms with Crippen LogP contribution in [0.25, 0.3) is 11.0 Å². The van der Waals surface area contributed by atoms with Crippen LogP contribution in [0.1, 0.15) is 39.7 Å². The normalized spacial score (nSPS) is 16.2. The quantitative estimate of drug-likeness (QED) is 0.769. The van der Waals surface area contributed by atoms with Gasteiger partial charge in [0.15, 0.2) is 5.43 Å². The number of aliphatic hydroxyl groups is 1. The minimum Gasteiger partial charge on any atom is -0.450 e. The molecule has 0 saturated heterocycles. The Morgan fingerprint density at radius 2 is 2.00 bits per heavy atom. The minimum atomic E-state index is -0.740. The van der Waals surface area contributed by atoms with E-state index >= 15 is 0 Å². The molecule has 1 aliphatic rings. The van der Waals surface area contributed by atoms with E-state index in [0.717, 1.165) is 5.56 Å². The van der Waals surface area contributed by atoms with Crippen molar-refractivity contribution in [2.75, 3.05) is 13.2 Å². The minimum absolute atomic E-state index is 0.0106. The monoisotopic (exact) mass is 367 g/mol. The maximum Gasteiger partial charge on any atom is 0.290 e. The molecule has 1 aromatic heterocycles. The Labute approximate surface area is 154 Å². The first-order valence-corrected chi connectivity index (χ1v) is 8.76. The summed E-state index contributed by atoms with van der Waals surface area (Å²) in [6, 6.07) is 10.3. The summed E-state index contributed by atoms with van der Waals surface area (Å²) in [7, 11) is 0. The van der Waals surface area contributed by atoms with E-state index in [1.54, 1.807) is 24.3 Å². The Bertz CT molecular complexity index is 1110. The molecule has 2 aromatic carbocycles. The smallest absolute Gasteiger partial charge is 0.290 e. The van der Waals surface area contributed by atoms with Gasteiger partial charge in [-0.15, -0.1) is 0 Å². The van der Waals surface area contributed by atoms with E-state index in [-0.39, 0.29) is 29.9 Å². The molecule has 6 heteroatoms. The zero-order valence-corrected chi connectivity index (χ0v) is 14.7. The van der Waals surface area contributed by atoms with Crippen LogP contribution < -0.4 is 5.43 Å². The third-order valence-corrected chi connectivity index (χ3v) is 4.84. The van der Waals surface area contributed by atoms with E-state index in [9.17, 15) is 19.1 Å². The van der Waals surface area contributed by atoms with Gasteiger partial charge in [0.25, 0.3) is 5.91 Å². The zero-order chi connectivity index (χ0) is 19.1. The molecule has 1 N–H and O–H groups in total. The van der Waals surface area contributed by atoms with Gasteiger partial charge >= 0.3 is 0 Å². The number of benzene rings is 2. The van der Waals surface area contributed by atoms with Crippen molar-refractivity contribution in [3.8, 4) is 0 Å². The highest BCUT2D eigenvalue weighted by Crippen LogP contribution is 2.38. The number of nitrogens with zero attached hydrogens (tertiary/aromatic N) is 1. The molecule has 0 aliphatic carbocycles. The molecular weight excluding hydrogens is 349 g/mol. The summed E-state index contributed by atoms with van der Waals surface area (Å²) in [5.41, 5.74) is 1.68. The van der Waals surface area contributed by atoms with Crippen LogP contribution in [0.15, 0.2) is 51.7 Å². The number of rotatable bonds is 4. The van der Waals surface area contributed by atoms with Gasteiger partial charge in [-0.3, -0.25) is 9.59 Å². The highest BCUT2D eigenvalue weighted by atomic mass is 19.1. The van der Waals surface area contributed by atoms with Crippen LogP contribution in [0, 0.1) is 12.7 Å². The summed E-state index contributed by atoms with van der Waals surface area (Å²) in [4.78, 5) is 27.6. The van der Waals surface area contributed by atoms with Gasteiger partial charge < -0.3 is 14.4 Å². The molecule has 27 heavy (non-hydrogen) atoms. The number of amides is 1. The summed E-state index contributed by atoms with van der Waals surface area (Å²) in [5, 5.41) is 9.58. The number of hydrogen-bond acceptors (Lipinski definition) is 4. The number of hydrogen-bond donors (Lipinski definition) is 1. The molecule has 0 saturated carbocycles. The molecule has 0 bridgehead atoms. The Balaban J connectivity index is 1.99. The third kappa shape index (κ3) is 2.82. The van der Waals surface area contributed by atoms with Gasteiger partial charge in [-0.1, -0.05) is 23.8 Å². The summed E-state index contributed by atoms with van der Waals surface area (Å²) in [6.45, 7) is 2.00. The molecule has 4 rings (SSSR count). The van der Waals surface area contributed by atoms with Gasteiger partial charge in [-0.25, -0.2) is 4.39 Å². The lowest BCUT2D eigenvalue weighted by atomic mass is 9.98. The lowest BCUT2D eigenvalue weighted by Gasteiger charge is -2.24. The van der Waals surface area contributed by atoms with E-state index in [1.807, 2.05) is 13.0 Å². The standard InChI is InChI=1S/C21H18FNO4/c1-12-6-7-16-15(10-12)19(25)17-18(13-4-2-5-14(22)11-13)23(8-3-9-24)21(26)20(17)27-16/h2,4-7,10-11,18,24H,3,8-9H2,1H3/t18-/m0/s1. The van der Waals surface area contributed by atoms with E-state index < -0.39 is 17.8 Å². The van der Waals surface area contributed by atoms with Crippen LogP contribution in [0.3, 0.4) is 0 Å². The predicted octanol–water partition coefficient (Wildman–Crippen LogP) is 3.17. The number of carbonyl (C=O) groups excluding carboxylic acids is 1. The van der Waals surface area contributed by atoms with Gasteiger partial charge in [0, 0.05) is 13.2 Å². The first kappa shape index (κ1) is 17.4. The van der Waals surface area contributed by atoms with Crippen molar-refractivity contribution in [1.82, 2.24) is 4.90 Å². The summed E-state index contributed by atoms with van der Waals surface area (Å²) in [5.74, 6) is -0.882. The molecule has 1 atom stereocenters. The van der Waals surface area contributed by atoms with Crippen molar-refractivity contribution in [2.24, 2.45) is 0 Å². The average Bonchev–Trinajstić information content (AvgIpc) is 2.93. The number of aryl methyl sites for hydroxylation is 1. The second-order valence-corrected chi connectivity index (χ2v) is 6.71.